The molecule has 0 aromatic heterocycles. The molecular weight excluding hydrogens is 281 g/mol. The quantitative estimate of drug-likeness (QED) is 0.658. The number of aliphatic carboxylic acids is 1. The molecule has 4 unspecified atom stereocenters. The van der Waals surface area contributed by atoms with Crippen LogP contribution in [0.4, 0.5) is 4.39 Å². The van der Waals surface area contributed by atoms with Crippen molar-refractivity contribution in [3.05, 3.63) is 35.6 Å². The van der Waals surface area contributed by atoms with E-state index in [0.717, 1.165) is 12.1 Å². The second-order valence-corrected chi connectivity index (χ2v) is 6.20. The third kappa shape index (κ3) is 2.67. The molecule has 4 N–H and O–H groups in total. The summed E-state index contributed by atoms with van der Waals surface area (Å²) >= 11 is 1.63. The molecule has 2 aliphatic heterocycles. The Morgan fingerprint density at radius 1 is 1.35 bits per heavy atom. The van der Waals surface area contributed by atoms with Crippen molar-refractivity contribution >= 4 is 17.7 Å². The number of hydrogen-bond acceptors (Lipinski definition) is 5. The minimum atomic E-state index is -0.808. The van der Waals surface area contributed by atoms with Crippen LogP contribution in [0.25, 0.3) is 0 Å². The van der Waals surface area contributed by atoms with Gasteiger partial charge in [0, 0.05) is 18.2 Å². The molecule has 5 nitrogen and oxygen atoms in total. The van der Waals surface area contributed by atoms with Crippen molar-refractivity contribution in [3.63, 3.8) is 0 Å². The molecule has 20 heavy (non-hydrogen) atoms. The number of carbonyl (C=O) groups is 1. The number of hydrogen-bond donors (Lipinski definition) is 4. The molecule has 7 heteroatoms. The van der Waals surface area contributed by atoms with Gasteiger partial charge in [-0.1, -0.05) is 12.1 Å². The zero-order valence-electron chi connectivity index (χ0n) is 10.7. The molecule has 1 aromatic carbocycles. The molecule has 0 bridgehead atoms. The van der Waals surface area contributed by atoms with Crippen LogP contribution < -0.4 is 16.2 Å². The van der Waals surface area contributed by atoms with Gasteiger partial charge in [0.1, 0.15) is 11.9 Å². The molecule has 108 valence electrons. The molecule has 2 heterocycles. The third-order valence-electron chi connectivity index (χ3n) is 3.75. The van der Waals surface area contributed by atoms with E-state index in [9.17, 15) is 9.18 Å². The van der Waals surface area contributed by atoms with E-state index in [2.05, 4.69) is 16.2 Å². The molecule has 3 rings (SSSR count). The highest BCUT2D eigenvalue weighted by Gasteiger charge is 2.40. The first-order valence-electron chi connectivity index (χ1n) is 6.49. The van der Waals surface area contributed by atoms with Gasteiger partial charge in [-0.25, -0.2) is 9.82 Å². The highest BCUT2D eigenvalue weighted by molar-refractivity contribution is 8.00. The minimum absolute atomic E-state index is 0.0492. The number of benzene rings is 1. The first-order valence-corrected chi connectivity index (χ1v) is 7.54. The first kappa shape index (κ1) is 13.8. The van der Waals surface area contributed by atoms with Crippen molar-refractivity contribution in [1.82, 2.24) is 16.2 Å². The molecule has 1 aromatic rings. The van der Waals surface area contributed by atoms with Gasteiger partial charge < -0.3 is 5.11 Å². The second-order valence-electron chi connectivity index (χ2n) is 5.03. The van der Waals surface area contributed by atoms with Crippen LogP contribution in [0.15, 0.2) is 24.3 Å². The molecule has 2 fully saturated rings. The Balaban J connectivity index is 1.73. The number of carboxylic acids is 1. The molecule has 0 spiro atoms. The Kier molecular flexibility index (Phi) is 3.93. The van der Waals surface area contributed by atoms with Crippen LogP contribution in [-0.2, 0) is 4.79 Å². The zero-order chi connectivity index (χ0) is 14.1. The number of rotatable bonds is 3. The smallest absolute Gasteiger partial charge is 0.321 e. The normalized spacial score (nSPS) is 33.5. The van der Waals surface area contributed by atoms with Gasteiger partial charge in [-0.3, -0.25) is 15.5 Å². The SMILES string of the molecule is O=C(O)C1CSC(C2CNNC2c2ccc(F)cc2)N1. The fourth-order valence-electron chi connectivity index (χ4n) is 2.68. The number of thioether (sulfide) groups is 1. The predicted molar refractivity (Wildman–Crippen MR) is 74.6 cm³/mol. The summed E-state index contributed by atoms with van der Waals surface area (Å²) in [4.78, 5) is 11.0. The fraction of sp³-hybridized carbons (Fsp3) is 0.462. The summed E-state index contributed by atoms with van der Waals surface area (Å²) in [6.45, 7) is 0.749. The largest absolute Gasteiger partial charge is 0.480 e. The van der Waals surface area contributed by atoms with Crippen molar-refractivity contribution in [2.75, 3.05) is 12.3 Å². The van der Waals surface area contributed by atoms with Gasteiger partial charge in [0.25, 0.3) is 0 Å². The summed E-state index contributed by atoms with van der Waals surface area (Å²) in [6.07, 6.45) is 0. The Bertz CT molecular complexity index is 499. The number of halogens is 1. The van der Waals surface area contributed by atoms with E-state index < -0.39 is 12.0 Å². The molecule has 0 amide bonds. The van der Waals surface area contributed by atoms with E-state index in [4.69, 9.17) is 5.11 Å². The van der Waals surface area contributed by atoms with Crippen molar-refractivity contribution in [1.29, 1.82) is 0 Å². The lowest BCUT2D eigenvalue weighted by molar-refractivity contribution is -0.138. The summed E-state index contributed by atoms with van der Waals surface area (Å²) in [5.41, 5.74) is 7.30. The van der Waals surface area contributed by atoms with Crippen molar-refractivity contribution < 1.29 is 14.3 Å². The van der Waals surface area contributed by atoms with E-state index in [0.29, 0.717) is 5.75 Å². The van der Waals surface area contributed by atoms with Gasteiger partial charge in [0.05, 0.1) is 11.4 Å². The van der Waals surface area contributed by atoms with E-state index in [-0.39, 0.29) is 23.2 Å². The molecular formula is C13H16FN3O2S. The van der Waals surface area contributed by atoms with Gasteiger partial charge >= 0.3 is 5.97 Å². The van der Waals surface area contributed by atoms with Gasteiger partial charge in [0.15, 0.2) is 0 Å². The van der Waals surface area contributed by atoms with Crippen LogP contribution in [0.2, 0.25) is 0 Å². The van der Waals surface area contributed by atoms with Crippen LogP contribution in [0.1, 0.15) is 11.6 Å². The highest BCUT2D eigenvalue weighted by atomic mass is 32.2. The molecule has 0 radical (unpaired) electrons. The van der Waals surface area contributed by atoms with Crippen molar-refractivity contribution in [3.8, 4) is 0 Å². The number of nitrogens with one attached hydrogen (secondary N) is 3. The molecule has 2 saturated heterocycles. The van der Waals surface area contributed by atoms with Crippen LogP contribution in [-0.4, -0.2) is 34.8 Å². The van der Waals surface area contributed by atoms with Crippen LogP contribution in [0.3, 0.4) is 0 Å². The van der Waals surface area contributed by atoms with Crippen LogP contribution in [0.5, 0.6) is 0 Å². The first-order chi connectivity index (χ1) is 9.65. The van der Waals surface area contributed by atoms with E-state index >= 15 is 0 Å². The van der Waals surface area contributed by atoms with Crippen LogP contribution >= 0.6 is 11.8 Å². The second kappa shape index (κ2) is 5.69. The van der Waals surface area contributed by atoms with Gasteiger partial charge in [-0.2, -0.15) is 0 Å². The standard InChI is InChI=1S/C13H16FN3O2S/c14-8-3-1-7(2-4-8)11-9(5-15-17-11)12-16-10(6-20-12)13(18)19/h1-4,9-12,15-17H,5-6H2,(H,18,19). The Morgan fingerprint density at radius 3 is 2.75 bits per heavy atom. The lowest BCUT2D eigenvalue weighted by atomic mass is 9.94. The third-order valence-corrected chi connectivity index (χ3v) is 5.12. The average Bonchev–Trinajstić information content (AvgIpc) is 3.08. The molecule has 0 aliphatic carbocycles. The molecule has 4 atom stereocenters. The maximum Gasteiger partial charge on any atom is 0.321 e. The van der Waals surface area contributed by atoms with Gasteiger partial charge in [-0.15, -0.1) is 11.8 Å². The monoisotopic (exact) mass is 297 g/mol. The lowest BCUT2D eigenvalue weighted by Gasteiger charge is -2.24. The number of carboxylic acid groups (broad SMARTS) is 1. The van der Waals surface area contributed by atoms with E-state index in [1.54, 1.807) is 23.9 Å². The summed E-state index contributed by atoms with van der Waals surface area (Å²) < 4.78 is 13.0. The summed E-state index contributed by atoms with van der Waals surface area (Å²) in [5.74, 6) is -0.269. The van der Waals surface area contributed by atoms with Gasteiger partial charge in [-0.05, 0) is 17.7 Å². The van der Waals surface area contributed by atoms with E-state index in [1.165, 1.54) is 12.1 Å². The topological polar surface area (TPSA) is 73.4 Å². The molecule has 0 saturated carbocycles. The maximum atomic E-state index is 13.0. The maximum absolute atomic E-state index is 13.0. The minimum Gasteiger partial charge on any atom is -0.480 e. The average molecular weight is 297 g/mol. The van der Waals surface area contributed by atoms with E-state index in [1.807, 2.05) is 0 Å². The Labute approximate surface area is 120 Å². The van der Waals surface area contributed by atoms with Gasteiger partial charge in [0.2, 0.25) is 0 Å². The summed E-state index contributed by atoms with van der Waals surface area (Å²) in [6, 6.07) is 5.99. The molecule has 2 aliphatic rings. The fourth-order valence-corrected chi connectivity index (χ4v) is 4.08. The van der Waals surface area contributed by atoms with Crippen molar-refractivity contribution in [2.24, 2.45) is 5.92 Å². The van der Waals surface area contributed by atoms with Crippen molar-refractivity contribution in [2.45, 2.75) is 17.5 Å². The predicted octanol–water partition coefficient (Wildman–Crippen LogP) is 0.706. The summed E-state index contributed by atoms with van der Waals surface area (Å²) in [5, 5.41) is 12.3. The Hall–Kier alpha value is -1.15. The Morgan fingerprint density at radius 2 is 2.10 bits per heavy atom. The highest BCUT2D eigenvalue weighted by Crippen LogP contribution is 2.35. The lowest BCUT2D eigenvalue weighted by Crippen LogP contribution is -2.41. The number of hydrazine groups is 1. The summed E-state index contributed by atoms with van der Waals surface area (Å²) in [7, 11) is 0. The zero-order valence-corrected chi connectivity index (χ0v) is 11.5. The van der Waals surface area contributed by atoms with Crippen LogP contribution in [0, 0.1) is 11.7 Å².